The number of aryl methyl sites for hydroxylation is 1. The van der Waals surface area contributed by atoms with Crippen LogP contribution in [-0.2, 0) is 13.0 Å². The number of amides is 1. The molecule has 0 bridgehead atoms. The molecule has 24 heavy (non-hydrogen) atoms. The lowest BCUT2D eigenvalue weighted by molar-refractivity contribution is 0.101. The number of aromatic nitrogens is 1. The Morgan fingerprint density at radius 2 is 2.29 bits per heavy atom. The third-order valence-corrected chi connectivity index (χ3v) is 4.86. The summed E-state index contributed by atoms with van der Waals surface area (Å²) in [7, 11) is 0. The molecule has 4 N–H and O–H groups in total. The lowest BCUT2D eigenvalue weighted by atomic mass is 10.1. The smallest absolute Gasteiger partial charge is 0.272 e. The molecule has 126 valence electrons. The van der Waals surface area contributed by atoms with E-state index in [1.165, 1.54) is 6.07 Å². The molecule has 2 atom stereocenters. The van der Waals surface area contributed by atoms with Crippen LogP contribution < -0.4 is 16.4 Å². The third kappa shape index (κ3) is 2.72. The van der Waals surface area contributed by atoms with E-state index in [0.29, 0.717) is 23.0 Å². The average Bonchev–Trinajstić information content (AvgIpc) is 3.18. The summed E-state index contributed by atoms with van der Waals surface area (Å²) in [6.07, 6.45) is 3.73. The zero-order valence-electron chi connectivity index (χ0n) is 13.6. The number of nitrogens with zero attached hydrogens (tertiary/aromatic N) is 1. The van der Waals surface area contributed by atoms with E-state index in [1.807, 2.05) is 10.8 Å². The SMILES string of the molecule is Cc1cc(NC(=O)c2c3c(cn2C[C@H]2CN2)C(N)CC3)ccc1F. The number of anilines is 1. The fourth-order valence-corrected chi connectivity index (χ4v) is 3.43. The second kappa shape index (κ2) is 5.72. The minimum atomic E-state index is -0.275. The number of benzene rings is 1. The first kappa shape index (κ1) is 15.4. The van der Waals surface area contributed by atoms with Crippen LogP contribution in [0.2, 0.25) is 0 Å². The number of nitrogens with two attached hydrogens (primary N) is 1. The first-order valence-electron chi connectivity index (χ1n) is 8.31. The van der Waals surface area contributed by atoms with E-state index in [0.717, 1.165) is 37.1 Å². The van der Waals surface area contributed by atoms with Gasteiger partial charge in [-0.3, -0.25) is 4.79 Å². The van der Waals surface area contributed by atoms with Gasteiger partial charge in [0.1, 0.15) is 11.5 Å². The Bertz CT molecular complexity index is 810. The molecule has 0 saturated carbocycles. The molecule has 1 aromatic carbocycles. The number of nitrogens with one attached hydrogen (secondary N) is 2. The number of carbonyl (C=O) groups excluding carboxylic acids is 1. The maximum absolute atomic E-state index is 13.4. The first-order chi connectivity index (χ1) is 11.5. The molecule has 1 saturated heterocycles. The average molecular weight is 328 g/mol. The van der Waals surface area contributed by atoms with Crippen LogP contribution in [0.4, 0.5) is 10.1 Å². The van der Waals surface area contributed by atoms with Gasteiger partial charge in [0.2, 0.25) is 0 Å². The molecule has 5 nitrogen and oxygen atoms in total. The number of hydrogen-bond acceptors (Lipinski definition) is 3. The van der Waals surface area contributed by atoms with Crippen LogP contribution >= 0.6 is 0 Å². The standard InChI is InChI=1S/C18H21FN4O/c1-10-6-11(2-4-15(10)19)22-18(24)17-13-3-5-16(20)14(13)9-23(17)8-12-7-21-12/h2,4,6,9,12,16,21H,3,5,7-8,20H2,1H3,(H,22,24)/t12-,16?/m1/s1. The Hall–Kier alpha value is -2.18. The van der Waals surface area contributed by atoms with Crippen molar-refractivity contribution in [2.45, 2.75) is 38.4 Å². The molecule has 1 aliphatic heterocycles. The fourth-order valence-electron chi connectivity index (χ4n) is 3.43. The Labute approximate surface area is 140 Å². The topological polar surface area (TPSA) is 82.0 Å². The van der Waals surface area contributed by atoms with Gasteiger partial charge in [0.05, 0.1) is 0 Å². The Morgan fingerprint density at radius 3 is 3.00 bits per heavy atom. The Kier molecular flexibility index (Phi) is 3.66. The highest BCUT2D eigenvalue weighted by atomic mass is 19.1. The summed E-state index contributed by atoms with van der Waals surface area (Å²) in [4.78, 5) is 12.9. The van der Waals surface area contributed by atoms with Crippen molar-refractivity contribution < 1.29 is 9.18 Å². The van der Waals surface area contributed by atoms with Crippen molar-refractivity contribution in [2.24, 2.45) is 5.73 Å². The maximum atomic E-state index is 13.4. The second-order valence-electron chi connectivity index (χ2n) is 6.73. The summed E-state index contributed by atoms with van der Waals surface area (Å²) in [6.45, 7) is 3.43. The molecule has 1 unspecified atom stereocenters. The quantitative estimate of drug-likeness (QED) is 0.752. The van der Waals surface area contributed by atoms with Gasteiger partial charge in [-0.25, -0.2) is 4.39 Å². The number of hydrogen-bond donors (Lipinski definition) is 3. The maximum Gasteiger partial charge on any atom is 0.272 e. The van der Waals surface area contributed by atoms with Gasteiger partial charge >= 0.3 is 0 Å². The highest BCUT2D eigenvalue weighted by Gasteiger charge is 2.31. The van der Waals surface area contributed by atoms with Crippen LogP contribution in [0.5, 0.6) is 0 Å². The van der Waals surface area contributed by atoms with Crippen molar-refractivity contribution in [3.63, 3.8) is 0 Å². The van der Waals surface area contributed by atoms with E-state index >= 15 is 0 Å². The van der Waals surface area contributed by atoms with E-state index in [1.54, 1.807) is 19.1 Å². The minimum absolute atomic E-state index is 0.00743. The molecule has 1 aromatic heterocycles. The van der Waals surface area contributed by atoms with Crippen molar-refractivity contribution in [3.8, 4) is 0 Å². The van der Waals surface area contributed by atoms with Crippen molar-refractivity contribution in [2.75, 3.05) is 11.9 Å². The summed E-state index contributed by atoms with van der Waals surface area (Å²) >= 11 is 0. The Morgan fingerprint density at radius 1 is 1.50 bits per heavy atom. The Balaban J connectivity index is 1.65. The van der Waals surface area contributed by atoms with E-state index in [9.17, 15) is 9.18 Å². The van der Waals surface area contributed by atoms with Crippen LogP contribution in [0.25, 0.3) is 0 Å². The van der Waals surface area contributed by atoms with Crippen molar-refractivity contribution in [1.29, 1.82) is 0 Å². The molecule has 2 heterocycles. The van der Waals surface area contributed by atoms with Crippen molar-refractivity contribution in [3.05, 3.63) is 52.6 Å². The molecule has 2 aliphatic rings. The van der Waals surface area contributed by atoms with Crippen LogP contribution in [0.1, 0.15) is 39.6 Å². The van der Waals surface area contributed by atoms with Crippen LogP contribution in [0.3, 0.4) is 0 Å². The van der Waals surface area contributed by atoms with Crippen LogP contribution in [0.15, 0.2) is 24.4 Å². The highest BCUT2D eigenvalue weighted by Crippen LogP contribution is 2.34. The molecule has 0 spiro atoms. The number of fused-ring (bicyclic) bond motifs is 1. The summed E-state index contributed by atoms with van der Waals surface area (Å²) in [5.41, 5.74) is 10.1. The predicted octanol–water partition coefficient (Wildman–Crippen LogP) is 2.11. The summed E-state index contributed by atoms with van der Waals surface area (Å²) in [5, 5.41) is 6.17. The first-order valence-corrected chi connectivity index (χ1v) is 8.31. The monoisotopic (exact) mass is 328 g/mol. The van der Waals surface area contributed by atoms with Gasteiger partial charge in [0, 0.05) is 37.1 Å². The molecule has 6 heteroatoms. The molecular formula is C18H21FN4O. The van der Waals surface area contributed by atoms with Crippen molar-refractivity contribution in [1.82, 2.24) is 9.88 Å². The molecule has 0 radical (unpaired) electrons. The van der Waals surface area contributed by atoms with E-state index in [-0.39, 0.29) is 17.8 Å². The summed E-state index contributed by atoms with van der Waals surface area (Å²) in [6, 6.07) is 5.04. The normalized spacial score (nSPS) is 21.6. The van der Waals surface area contributed by atoms with E-state index in [4.69, 9.17) is 5.73 Å². The van der Waals surface area contributed by atoms with Gasteiger partial charge in [-0.05, 0) is 54.7 Å². The molecule has 1 amide bonds. The molecule has 1 fully saturated rings. The van der Waals surface area contributed by atoms with Crippen LogP contribution in [0, 0.1) is 12.7 Å². The summed E-state index contributed by atoms with van der Waals surface area (Å²) < 4.78 is 15.4. The lowest BCUT2D eigenvalue weighted by Gasteiger charge is -2.12. The molecule has 4 rings (SSSR count). The number of rotatable bonds is 4. The van der Waals surface area contributed by atoms with Gasteiger partial charge < -0.3 is 20.9 Å². The largest absolute Gasteiger partial charge is 0.341 e. The molecular weight excluding hydrogens is 307 g/mol. The number of carbonyl (C=O) groups is 1. The van der Waals surface area contributed by atoms with E-state index in [2.05, 4.69) is 10.6 Å². The number of halogens is 1. The third-order valence-electron chi connectivity index (χ3n) is 4.86. The molecule has 2 aromatic rings. The zero-order chi connectivity index (χ0) is 16.8. The van der Waals surface area contributed by atoms with Gasteiger partial charge in [-0.15, -0.1) is 0 Å². The highest BCUT2D eigenvalue weighted by molar-refractivity contribution is 6.04. The van der Waals surface area contributed by atoms with Gasteiger partial charge in [0.25, 0.3) is 5.91 Å². The van der Waals surface area contributed by atoms with Gasteiger partial charge in [-0.2, -0.15) is 0 Å². The van der Waals surface area contributed by atoms with E-state index < -0.39 is 0 Å². The summed E-state index contributed by atoms with van der Waals surface area (Å²) in [5.74, 6) is -0.431. The second-order valence-corrected chi connectivity index (χ2v) is 6.73. The van der Waals surface area contributed by atoms with Crippen LogP contribution in [-0.4, -0.2) is 23.1 Å². The van der Waals surface area contributed by atoms with Crippen molar-refractivity contribution >= 4 is 11.6 Å². The van der Waals surface area contributed by atoms with Gasteiger partial charge in [0.15, 0.2) is 0 Å². The fraction of sp³-hybridized carbons (Fsp3) is 0.389. The van der Waals surface area contributed by atoms with Gasteiger partial charge in [-0.1, -0.05) is 0 Å². The molecule has 1 aliphatic carbocycles. The minimum Gasteiger partial charge on any atom is -0.341 e. The predicted molar refractivity (Wildman–Crippen MR) is 90.6 cm³/mol. The zero-order valence-corrected chi connectivity index (χ0v) is 13.6. The lowest BCUT2D eigenvalue weighted by Crippen LogP contribution is -2.20.